The third-order valence-corrected chi connectivity index (χ3v) is 3.04. The number of carbonyl (C=O) groups is 3. The van der Waals surface area contributed by atoms with Crippen molar-refractivity contribution in [3.05, 3.63) is 47.5 Å². The first-order chi connectivity index (χ1) is 11.9. The van der Waals surface area contributed by atoms with Gasteiger partial charge in [-0.15, -0.1) is 0 Å². The SMILES string of the molecule is C=C(C)C(=O)OCCOC(=O)c1ccccc1C(=O)OC(O)CCC. The first-order valence-electron chi connectivity index (χ1n) is 7.84. The number of rotatable bonds is 9. The van der Waals surface area contributed by atoms with Crippen LogP contribution < -0.4 is 0 Å². The molecule has 7 heteroatoms. The van der Waals surface area contributed by atoms with Crippen LogP contribution in [0.1, 0.15) is 47.4 Å². The van der Waals surface area contributed by atoms with E-state index in [9.17, 15) is 19.5 Å². The van der Waals surface area contributed by atoms with Gasteiger partial charge in [0.2, 0.25) is 6.29 Å². The molecule has 136 valence electrons. The van der Waals surface area contributed by atoms with Gasteiger partial charge in [-0.05, 0) is 19.1 Å². The second kappa shape index (κ2) is 10.2. The first kappa shape index (κ1) is 20.4. The zero-order valence-corrected chi connectivity index (χ0v) is 14.3. The third-order valence-electron chi connectivity index (χ3n) is 3.04. The molecule has 1 N–H and O–H groups in total. The van der Waals surface area contributed by atoms with Gasteiger partial charge in [0, 0.05) is 12.0 Å². The van der Waals surface area contributed by atoms with Gasteiger partial charge in [0.1, 0.15) is 13.2 Å². The van der Waals surface area contributed by atoms with Crippen molar-refractivity contribution in [3.63, 3.8) is 0 Å². The van der Waals surface area contributed by atoms with Gasteiger partial charge in [-0.25, -0.2) is 14.4 Å². The molecular weight excluding hydrogens is 328 g/mol. The number of aliphatic hydroxyl groups is 1. The van der Waals surface area contributed by atoms with E-state index < -0.39 is 24.2 Å². The minimum atomic E-state index is -1.23. The quantitative estimate of drug-likeness (QED) is 0.240. The fourth-order valence-electron chi connectivity index (χ4n) is 1.80. The fraction of sp³-hybridized carbons (Fsp3) is 0.389. The topological polar surface area (TPSA) is 99.1 Å². The largest absolute Gasteiger partial charge is 0.459 e. The summed E-state index contributed by atoms with van der Waals surface area (Å²) < 4.78 is 14.7. The summed E-state index contributed by atoms with van der Waals surface area (Å²) in [6.45, 7) is 6.48. The minimum Gasteiger partial charge on any atom is -0.459 e. The molecule has 0 fully saturated rings. The highest BCUT2D eigenvalue weighted by Gasteiger charge is 2.21. The Morgan fingerprint density at radius 3 is 2.20 bits per heavy atom. The molecule has 0 aliphatic rings. The average Bonchev–Trinajstić information content (AvgIpc) is 2.58. The Hall–Kier alpha value is -2.67. The van der Waals surface area contributed by atoms with Crippen molar-refractivity contribution in [1.29, 1.82) is 0 Å². The van der Waals surface area contributed by atoms with Crippen LogP contribution in [0.25, 0.3) is 0 Å². The molecule has 25 heavy (non-hydrogen) atoms. The Bertz CT molecular complexity index is 636. The van der Waals surface area contributed by atoms with Gasteiger partial charge < -0.3 is 19.3 Å². The van der Waals surface area contributed by atoms with Gasteiger partial charge in [-0.1, -0.05) is 32.1 Å². The highest BCUT2D eigenvalue weighted by atomic mass is 16.6. The zero-order valence-electron chi connectivity index (χ0n) is 14.3. The number of ether oxygens (including phenoxy) is 3. The van der Waals surface area contributed by atoms with Gasteiger partial charge in [0.05, 0.1) is 11.1 Å². The first-order valence-corrected chi connectivity index (χ1v) is 7.84. The molecule has 1 atom stereocenters. The van der Waals surface area contributed by atoms with Crippen molar-refractivity contribution >= 4 is 17.9 Å². The van der Waals surface area contributed by atoms with E-state index in [4.69, 9.17) is 14.2 Å². The lowest BCUT2D eigenvalue weighted by Gasteiger charge is -2.13. The average molecular weight is 350 g/mol. The van der Waals surface area contributed by atoms with Crippen LogP contribution in [0.3, 0.4) is 0 Å². The van der Waals surface area contributed by atoms with E-state index in [0.717, 1.165) is 0 Å². The minimum absolute atomic E-state index is 0.00225. The molecule has 1 rings (SSSR count). The molecular formula is C18H22O7. The summed E-state index contributed by atoms with van der Waals surface area (Å²) in [5, 5.41) is 9.57. The van der Waals surface area contributed by atoms with Crippen LogP contribution in [0.4, 0.5) is 0 Å². The van der Waals surface area contributed by atoms with E-state index >= 15 is 0 Å². The Kier molecular flexibility index (Phi) is 8.35. The van der Waals surface area contributed by atoms with Gasteiger partial charge in [0.25, 0.3) is 0 Å². The van der Waals surface area contributed by atoms with Crippen molar-refractivity contribution in [1.82, 2.24) is 0 Å². The van der Waals surface area contributed by atoms with Crippen molar-refractivity contribution in [2.45, 2.75) is 33.0 Å². The Morgan fingerprint density at radius 1 is 1.08 bits per heavy atom. The van der Waals surface area contributed by atoms with Crippen molar-refractivity contribution in [2.75, 3.05) is 13.2 Å². The van der Waals surface area contributed by atoms with Crippen LogP contribution in [-0.2, 0) is 19.0 Å². The summed E-state index contributed by atoms with van der Waals surface area (Å²) in [5.41, 5.74) is 0.231. The molecule has 0 radical (unpaired) electrons. The van der Waals surface area contributed by atoms with E-state index in [1.54, 1.807) is 12.1 Å². The molecule has 1 aromatic rings. The van der Waals surface area contributed by atoms with Gasteiger partial charge in [0.15, 0.2) is 0 Å². The predicted octanol–water partition coefficient (Wildman–Crippen LogP) is 2.24. The highest BCUT2D eigenvalue weighted by molar-refractivity contribution is 6.03. The number of benzene rings is 1. The lowest BCUT2D eigenvalue weighted by atomic mass is 10.1. The number of hydrogen-bond acceptors (Lipinski definition) is 7. The fourth-order valence-corrected chi connectivity index (χ4v) is 1.80. The molecule has 0 aliphatic heterocycles. The van der Waals surface area contributed by atoms with E-state index in [-0.39, 0.29) is 29.9 Å². The normalized spacial score (nSPS) is 11.3. The Labute approximate surface area is 146 Å². The number of carbonyl (C=O) groups excluding carboxylic acids is 3. The maximum atomic E-state index is 12.1. The van der Waals surface area contributed by atoms with Crippen molar-refractivity contribution < 1.29 is 33.7 Å². The van der Waals surface area contributed by atoms with E-state index in [1.807, 2.05) is 6.92 Å². The molecule has 0 bridgehead atoms. The maximum absolute atomic E-state index is 12.1. The molecule has 0 heterocycles. The summed E-state index contributed by atoms with van der Waals surface area (Å²) >= 11 is 0. The van der Waals surface area contributed by atoms with Crippen LogP contribution >= 0.6 is 0 Å². The molecule has 0 saturated carbocycles. The summed E-state index contributed by atoms with van der Waals surface area (Å²) in [6.07, 6.45) is -0.295. The van der Waals surface area contributed by atoms with Crippen LogP contribution in [0, 0.1) is 0 Å². The highest BCUT2D eigenvalue weighted by Crippen LogP contribution is 2.13. The summed E-state index contributed by atoms with van der Waals surface area (Å²) in [7, 11) is 0. The van der Waals surface area contributed by atoms with Crippen LogP contribution in [0.5, 0.6) is 0 Å². The predicted molar refractivity (Wildman–Crippen MR) is 88.8 cm³/mol. The monoisotopic (exact) mass is 350 g/mol. The van der Waals surface area contributed by atoms with Crippen molar-refractivity contribution in [3.8, 4) is 0 Å². The third kappa shape index (κ3) is 6.76. The van der Waals surface area contributed by atoms with E-state index in [0.29, 0.717) is 12.8 Å². The smallest absolute Gasteiger partial charge is 0.341 e. The molecule has 0 aromatic heterocycles. The summed E-state index contributed by atoms with van der Waals surface area (Å²) in [4.78, 5) is 35.4. The molecule has 0 amide bonds. The van der Waals surface area contributed by atoms with Crippen molar-refractivity contribution in [2.24, 2.45) is 0 Å². The molecule has 1 unspecified atom stereocenters. The standard InChI is InChI=1S/C18H22O7/c1-4-7-15(19)25-18(22)14-9-6-5-8-13(14)17(21)24-11-10-23-16(20)12(2)3/h5-6,8-9,15,19H,2,4,7,10-11H2,1,3H3. The zero-order chi connectivity index (χ0) is 18.8. The van der Waals surface area contributed by atoms with Gasteiger partial charge >= 0.3 is 17.9 Å². The van der Waals surface area contributed by atoms with Gasteiger partial charge in [-0.3, -0.25) is 0 Å². The van der Waals surface area contributed by atoms with E-state index in [2.05, 4.69) is 6.58 Å². The molecule has 0 aliphatic carbocycles. The van der Waals surface area contributed by atoms with Crippen LogP contribution in [-0.4, -0.2) is 42.5 Å². The maximum Gasteiger partial charge on any atom is 0.341 e. The number of aliphatic hydroxyl groups excluding tert-OH is 1. The molecule has 0 saturated heterocycles. The summed E-state index contributed by atoms with van der Waals surface area (Å²) in [5.74, 6) is -2.16. The lowest BCUT2D eigenvalue weighted by molar-refractivity contribution is -0.140. The summed E-state index contributed by atoms with van der Waals surface area (Å²) in [6, 6.07) is 5.94. The number of hydrogen-bond donors (Lipinski definition) is 1. The molecule has 7 nitrogen and oxygen atoms in total. The van der Waals surface area contributed by atoms with E-state index in [1.165, 1.54) is 19.1 Å². The van der Waals surface area contributed by atoms with Crippen LogP contribution in [0.2, 0.25) is 0 Å². The second-order valence-corrected chi connectivity index (χ2v) is 5.25. The Balaban J connectivity index is 2.65. The van der Waals surface area contributed by atoms with Gasteiger partial charge in [-0.2, -0.15) is 0 Å². The number of esters is 3. The molecule has 1 aromatic carbocycles. The Morgan fingerprint density at radius 2 is 1.64 bits per heavy atom. The van der Waals surface area contributed by atoms with Crippen LogP contribution in [0.15, 0.2) is 36.4 Å². The molecule has 0 spiro atoms. The lowest BCUT2D eigenvalue weighted by Crippen LogP contribution is -2.21. The second-order valence-electron chi connectivity index (χ2n) is 5.25.